The third-order valence-corrected chi connectivity index (χ3v) is 7.06. The van der Waals surface area contributed by atoms with Crippen LogP contribution in [0, 0.1) is 31.1 Å². The van der Waals surface area contributed by atoms with Crippen LogP contribution in [0.1, 0.15) is 62.8 Å². The smallest absolute Gasteiger partial charge is 0.137 e. The Bertz CT molecular complexity index is 808. The third-order valence-electron chi connectivity index (χ3n) is 6.48. The number of phenols is 2. The van der Waals surface area contributed by atoms with Gasteiger partial charge in [0.05, 0.1) is 10.0 Å². The average Bonchev–Trinajstić information content (AvgIpc) is 2.58. The Kier molecular flexibility index (Phi) is 5.44. The summed E-state index contributed by atoms with van der Waals surface area (Å²) in [5.41, 5.74) is 3.78. The predicted octanol–water partition coefficient (Wildman–Crippen LogP) is 7.40. The molecule has 4 heteroatoms. The monoisotopic (exact) mass is 420 g/mol. The van der Waals surface area contributed by atoms with Crippen LogP contribution in [-0.2, 0) is 5.41 Å². The third kappa shape index (κ3) is 3.50. The highest BCUT2D eigenvalue weighted by atomic mass is 35.5. The lowest BCUT2D eigenvalue weighted by Crippen LogP contribution is -2.51. The molecule has 1 aliphatic rings. The molecule has 0 saturated heterocycles. The van der Waals surface area contributed by atoms with Gasteiger partial charge in [-0.05, 0) is 78.3 Å². The second kappa shape index (κ2) is 7.15. The number of benzene rings is 2. The van der Waals surface area contributed by atoms with Crippen LogP contribution in [0.25, 0.3) is 0 Å². The molecule has 0 spiro atoms. The van der Waals surface area contributed by atoms with Gasteiger partial charge in [0.15, 0.2) is 0 Å². The van der Waals surface area contributed by atoms with E-state index in [-0.39, 0.29) is 22.3 Å². The molecule has 2 nitrogen and oxygen atoms in total. The first-order valence-electron chi connectivity index (χ1n) is 9.86. The molecule has 2 aromatic rings. The maximum absolute atomic E-state index is 10.2. The van der Waals surface area contributed by atoms with E-state index >= 15 is 0 Å². The second-order valence-electron chi connectivity index (χ2n) is 9.74. The van der Waals surface area contributed by atoms with E-state index in [4.69, 9.17) is 23.2 Å². The molecule has 28 heavy (non-hydrogen) atoms. The van der Waals surface area contributed by atoms with Crippen molar-refractivity contribution in [2.24, 2.45) is 17.3 Å². The van der Waals surface area contributed by atoms with Crippen molar-refractivity contribution in [3.05, 3.63) is 56.6 Å². The Morgan fingerprint density at radius 2 is 1.36 bits per heavy atom. The highest BCUT2D eigenvalue weighted by Crippen LogP contribution is 2.60. The van der Waals surface area contributed by atoms with E-state index in [0.717, 1.165) is 35.1 Å². The van der Waals surface area contributed by atoms with Gasteiger partial charge in [-0.15, -0.1) is 0 Å². The summed E-state index contributed by atoms with van der Waals surface area (Å²) in [5.74, 6) is 1.24. The number of aryl methyl sites for hydroxylation is 2. The van der Waals surface area contributed by atoms with E-state index in [1.54, 1.807) is 0 Å². The Morgan fingerprint density at radius 1 is 0.929 bits per heavy atom. The van der Waals surface area contributed by atoms with Crippen molar-refractivity contribution in [2.45, 2.75) is 59.8 Å². The SMILES string of the molecule is Cc1cc(C2(c3cc(C)c(O)c(Cl)c3)C[C@H](CC(C)(C)C)[C@H]2C)cc(Cl)c1O. The van der Waals surface area contributed by atoms with Gasteiger partial charge in [-0.3, -0.25) is 0 Å². The Labute approximate surface area is 178 Å². The minimum absolute atomic E-state index is 0.138. The molecule has 0 unspecified atom stereocenters. The van der Waals surface area contributed by atoms with Crippen LogP contribution in [0.2, 0.25) is 10.0 Å². The van der Waals surface area contributed by atoms with Crippen LogP contribution in [0.3, 0.4) is 0 Å². The molecule has 1 aliphatic carbocycles. The maximum Gasteiger partial charge on any atom is 0.137 e. The van der Waals surface area contributed by atoms with Gasteiger partial charge in [0.1, 0.15) is 11.5 Å². The molecule has 0 heterocycles. The van der Waals surface area contributed by atoms with Crippen LogP contribution < -0.4 is 0 Å². The minimum Gasteiger partial charge on any atom is -0.506 e. The first-order chi connectivity index (χ1) is 12.9. The molecule has 2 aromatic carbocycles. The van der Waals surface area contributed by atoms with Gasteiger partial charge in [-0.25, -0.2) is 0 Å². The summed E-state index contributed by atoms with van der Waals surface area (Å²) in [5, 5.41) is 21.1. The number of aromatic hydroxyl groups is 2. The van der Waals surface area contributed by atoms with Crippen molar-refractivity contribution >= 4 is 23.2 Å². The number of hydrogen-bond acceptors (Lipinski definition) is 2. The first kappa shape index (κ1) is 21.3. The fraction of sp³-hybridized carbons (Fsp3) is 0.500. The molecule has 152 valence electrons. The molecule has 1 fully saturated rings. The molecule has 1 saturated carbocycles. The molecule has 0 radical (unpaired) electrons. The fourth-order valence-corrected chi connectivity index (χ4v) is 5.50. The zero-order chi connectivity index (χ0) is 21.0. The predicted molar refractivity (Wildman–Crippen MR) is 118 cm³/mol. The van der Waals surface area contributed by atoms with E-state index in [2.05, 4.69) is 27.7 Å². The quantitative estimate of drug-likeness (QED) is 0.542. The summed E-state index contributed by atoms with van der Waals surface area (Å²) in [6.07, 6.45) is 2.14. The second-order valence-corrected chi connectivity index (χ2v) is 10.6. The van der Waals surface area contributed by atoms with Crippen molar-refractivity contribution in [1.82, 2.24) is 0 Å². The summed E-state index contributed by atoms with van der Waals surface area (Å²) in [7, 11) is 0. The van der Waals surface area contributed by atoms with Crippen LogP contribution in [0.4, 0.5) is 0 Å². The van der Waals surface area contributed by atoms with Crippen molar-refractivity contribution in [3.8, 4) is 11.5 Å². The minimum atomic E-state index is -0.236. The molecule has 0 bridgehead atoms. The summed E-state index contributed by atoms with van der Waals surface area (Å²) in [6, 6.07) is 7.87. The van der Waals surface area contributed by atoms with Crippen LogP contribution in [0.5, 0.6) is 11.5 Å². The molecular formula is C24H30Cl2O2. The average molecular weight is 421 g/mol. The van der Waals surface area contributed by atoms with Crippen molar-refractivity contribution in [1.29, 1.82) is 0 Å². The van der Waals surface area contributed by atoms with Crippen LogP contribution in [0.15, 0.2) is 24.3 Å². The molecule has 3 rings (SSSR count). The molecule has 2 atom stereocenters. The summed E-state index contributed by atoms with van der Waals surface area (Å²) < 4.78 is 0. The molecule has 2 N–H and O–H groups in total. The lowest BCUT2D eigenvalue weighted by atomic mass is 9.47. The van der Waals surface area contributed by atoms with E-state index in [1.165, 1.54) is 0 Å². The summed E-state index contributed by atoms with van der Waals surface area (Å²) in [6.45, 7) is 12.9. The number of hydrogen-bond donors (Lipinski definition) is 2. The zero-order valence-electron chi connectivity index (χ0n) is 17.5. The highest BCUT2D eigenvalue weighted by Gasteiger charge is 2.54. The summed E-state index contributed by atoms with van der Waals surface area (Å²) >= 11 is 12.7. The molecule has 0 amide bonds. The lowest BCUT2D eigenvalue weighted by Gasteiger charge is -2.56. The van der Waals surface area contributed by atoms with Crippen molar-refractivity contribution in [3.63, 3.8) is 0 Å². The largest absolute Gasteiger partial charge is 0.506 e. The summed E-state index contributed by atoms with van der Waals surface area (Å²) in [4.78, 5) is 0. The highest BCUT2D eigenvalue weighted by molar-refractivity contribution is 6.32. The van der Waals surface area contributed by atoms with Gasteiger partial charge in [0, 0.05) is 5.41 Å². The molecular weight excluding hydrogens is 391 g/mol. The standard InChI is InChI=1S/C24H30Cl2O2/c1-13-7-17(9-19(25)21(13)27)24(12-16(15(24)3)11-23(4,5)6)18-8-14(2)22(28)20(26)10-18/h7-10,15-16,27-28H,11-12H2,1-6H3/t15-,16+/m1/s1. The number of halogens is 2. The van der Waals surface area contributed by atoms with Gasteiger partial charge in [0.25, 0.3) is 0 Å². The Hall–Kier alpha value is -1.38. The molecule has 0 aliphatic heterocycles. The number of phenolic OH excluding ortho intramolecular Hbond substituents is 2. The van der Waals surface area contributed by atoms with Gasteiger partial charge >= 0.3 is 0 Å². The van der Waals surface area contributed by atoms with Crippen LogP contribution in [-0.4, -0.2) is 10.2 Å². The van der Waals surface area contributed by atoms with E-state index in [1.807, 2.05) is 38.1 Å². The van der Waals surface area contributed by atoms with E-state index < -0.39 is 0 Å². The Morgan fingerprint density at radius 3 is 1.68 bits per heavy atom. The first-order valence-corrected chi connectivity index (χ1v) is 10.6. The van der Waals surface area contributed by atoms with E-state index in [0.29, 0.717) is 21.9 Å². The van der Waals surface area contributed by atoms with E-state index in [9.17, 15) is 10.2 Å². The fourth-order valence-electron chi connectivity index (χ4n) is 4.97. The van der Waals surface area contributed by atoms with Gasteiger partial charge in [-0.2, -0.15) is 0 Å². The molecule has 0 aromatic heterocycles. The van der Waals surface area contributed by atoms with Gasteiger partial charge in [0.2, 0.25) is 0 Å². The van der Waals surface area contributed by atoms with Crippen LogP contribution >= 0.6 is 23.2 Å². The van der Waals surface area contributed by atoms with Crippen molar-refractivity contribution < 1.29 is 10.2 Å². The maximum atomic E-state index is 10.2. The normalized spacial score (nSPS) is 21.4. The topological polar surface area (TPSA) is 40.5 Å². The zero-order valence-corrected chi connectivity index (χ0v) is 19.0. The van der Waals surface area contributed by atoms with Gasteiger partial charge in [-0.1, -0.05) is 63.0 Å². The number of rotatable bonds is 3. The van der Waals surface area contributed by atoms with Gasteiger partial charge < -0.3 is 10.2 Å². The lowest BCUT2D eigenvalue weighted by molar-refractivity contribution is 0.0434. The van der Waals surface area contributed by atoms with Crippen molar-refractivity contribution in [2.75, 3.05) is 0 Å². The Balaban J connectivity index is 2.17.